The molecule has 0 aliphatic carbocycles. The normalized spacial score (nSPS) is 10.5. The second-order valence-electron chi connectivity index (χ2n) is 2.81. The molecule has 0 aromatic carbocycles. The predicted molar refractivity (Wildman–Crippen MR) is 45.6 cm³/mol. The summed E-state index contributed by atoms with van der Waals surface area (Å²) in [5.74, 6) is 0. The van der Waals surface area contributed by atoms with Crippen LogP contribution in [-0.2, 0) is 7.05 Å². The van der Waals surface area contributed by atoms with Gasteiger partial charge in [0.05, 0.1) is 18.2 Å². The fraction of sp³-hybridized carbons (Fsp3) is 0.222. The minimum atomic E-state index is 0.962. The lowest BCUT2D eigenvalue weighted by Crippen LogP contribution is -1.91. The molecule has 0 aliphatic heterocycles. The minimum absolute atomic E-state index is 0.962. The lowest BCUT2D eigenvalue weighted by atomic mass is 10.2. The topological polar surface area (TPSA) is 31.0 Å². The average Bonchev–Trinajstić information content (AvgIpc) is 2.61. The highest BCUT2D eigenvalue weighted by molar-refractivity contribution is 5.57. The summed E-state index contributed by atoms with van der Waals surface area (Å²) < 4.78 is 6.82. The van der Waals surface area contributed by atoms with Gasteiger partial charge in [-0.25, -0.2) is 0 Å². The zero-order chi connectivity index (χ0) is 8.55. The van der Waals surface area contributed by atoms with Crippen LogP contribution in [0.2, 0.25) is 0 Å². The number of hydrogen-bond acceptors (Lipinski definition) is 2. The molecule has 3 heteroatoms. The molecule has 2 aromatic rings. The Morgan fingerprint density at radius 2 is 2.33 bits per heavy atom. The van der Waals surface area contributed by atoms with Crippen LogP contribution in [0.1, 0.15) is 5.69 Å². The smallest absolute Gasteiger partial charge is 0.0997 e. The number of aromatic nitrogens is 2. The highest BCUT2D eigenvalue weighted by Crippen LogP contribution is 2.18. The first-order valence-electron chi connectivity index (χ1n) is 3.80. The molecule has 0 atom stereocenters. The summed E-state index contributed by atoms with van der Waals surface area (Å²) in [4.78, 5) is 0. The Balaban J connectivity index is 2.48. The molecule has 2 rings (SSSR count). The second-order valence-corrected chi connectivity index (χ2v) is 2.81. The maximum absolute atomic E-state index is 4.97. The molecule has 0 N–H and O–H groups in total. The van der Waals surface area contributed by atoms with Crippen molar-refractivity contribution in [3.63, 3.8) is 0 Å². The van der Waals surface area contributed by atoms with Gasteiger partial charge in [-0.3, -0.25) is 4.68 Å². The van der Waals surface area contributed by atoms with Crippen molar-refractivity contribution in [1.82, 2.24) is 9.78 Å². The molecule has 0 radical (unpaired) electrons. The molecule has 2 heterocycles. The van der Waals surface area contributed by atoms with Crippen LogP contribution in [0.4, 0.5) is 0 Å². The Bertz CT molecular complexity index is 354. The molecule has 0 amide bonds. The van der Waals surface area contributed by atoms with Crippen LogP contribution < -0.4 is 0 Å². The fourth-order valence-corrected chi connectivity index (χ4v) is 1.11. The maximum atomic E-state index is 4.97. The Kier molecular flexibility index (Phi) is 1.50. The lowest BCUT2D eigenvalue weighted by molar-refractivity contribution is 0.568. The first-order valence-corrected chi connectivity index (χ1v) is 3.80. The van der Waals surface area contributed by atoms with Crippen LogP contribution in [0.5, 0.6) is 0 Å². The van der Waals surface area contributed by atoms with E-state index >= 15 is 0 Å². The molecule has 0 saturated carbocycles. The van der Waals surface area contributed by atoms with Crippen LogP contribution >= 0.6 is 0 Å². The van der Waals surface area contributed by atoms with Gasteiger partial charge in [-0.05, 0) is 19.1 Å². The van der Waals surface area contributed by atoms with E-state index in [0.29, 0.717) is 0 Å². The SMILES string of the molecule is Cc1cc(-c2ccoc2)nn1C. The summed E-state index contributed by atoms with van der Waals surface area (Å²) in [6.07, 6.45) is 3.35. The van der Waals surface area contributed by atoms with E-state index in [2.05, 4.69) is 5.10 Å². The molecule has 12 heavy (non-hydrogen) atoms. The van der Waals surface area contributed by atoms with Crippen LogP contribution in [0, 0.1) is 6.92 Å². The summed E-state index contributed by atoms with van der Waals surface area (Å²) in [6, 6.07) is 3.94. The van der Waals surface area contributed by atoms with E-state index in [0.717, 1.165) is 17.0 Å². The Morgan fingerprint density at radius 1 is 1.50 bits per heavy atom. The summed E-state index contributed by atoms with van der Waals surface area (Å²) in [6.45, 7) is 2.02. The third-order valence-electron chi connectivity index (χ3n) is 1.93. The van der Waals surface area contributed by atoms with Crippen molar-refractivity contribution in [2.24, 2.45) is 7.05 Å². The molecule has 0 saturated heterocycles. The number of aryl methyl sites for hydroxylation is 2. The Hall–Kier alpha value is -1.51. The van der Waals surface area contributed by atoms with Gasteiger partial charge in [-0.2, -0.15) is 5.10 Å². The third-order valence-corrected chi connectivity index (χ3v) is 1.93. The Morgan fingerprint density at radius 3 is 2.83 bits per heavy atom. The molecular formula is C9H10N2O. The molecular weight excluding hydrogens is 152 g/mol. The van der Waals surface area contributed by atoms with Crippen molar-refractivity contribution in [1.29, 1.82) is 0 Å². The van der Waals surface area contributed by atoms with E-state index in [-0.39, 0.29) is 0 Å². The maximum Gasteiger partial charge on any atom is 0.0997 e. The standard InChI is InChI=1S/C9H10N2O/c1-7-5-9(10-11(7)2)8-3-4-12-6-8/h3-6H,1-2H3. The van der Waals surface area contributed by atoms with Crippen molar-refractivity contribution < 1.29 is 4.42 Å². The monoisotopic (exact) mass is 162 g/mol. The molecule has 0 spiro atoms. The molecule has 3 nitrogen and oxygen atoms in total. The van der Waals surface area contributed by atoms with Crippen LogP contribution in [-0.4, -0.2) is 9.78 Å². The number of furan rings is 1. The summed E-state index contributed by atoms with van der Waals surface area (Å²) in [5, 5.41) is 4.31. The van der Waals surface area contributed by atoms with E-state index in [4.69, 9.17) is 4.42 Å². The third kappa shape index (κ3) is 1.03. The van der Waals surface area contributed by atoms with Crippen LogP contribution in [0.3, 0.4) is 0 Å². The molecule has 62 valence electrons. The van der Waals surface area contributed by atoms with Gasteiger partial charge >= 0.3 is 0 Å². The summed E-state index contributed by atoms with van der Waals surface area (Å²) >= 11 is 0. The van der Waals surface area contributed by atoms with Crippen molar-refractivity contribution in [3.05, 3.63) is 30.4 Å². The number of rotatable bonds is 1. The van der Waals surface area contributed by atoms with Gasteiger partial charge in [0.1, 0.15) is 0 Å². The van der Waals surface area contributed by atoms with Gasteiger partial charge in [0, 0.05) is 18.3 Å². The first-order chi connectivity index (χ1) is 5.77. The van der Waals surface area contributed by atoms with Gasteiger partial charge in [0.15, 0.2) is 0 Å². The fourth-order valence-electron chi connectivity index (χ4n) is 1.11. The number of nitrogens with zero attached hydrogens (tertiary/aromatic N) is 2. The van der Waals surface area contributed by atoms with E-state index in [1.165, 1.54) is 0 Å². The van der Waals surface area contributed by atoms with Crippen molar-refractivity contribution in [2.75, 3.05) is 0 Å². The van der Waals surface area contributed by atoms with E-state index < -0.39 is 0 Å². The van der Waals surface area contributed by atoms with Gasteiger partial charge in [-0.15, -0.1) is 0 Å². The van der Waals surface area contributed by atoms with Gasteiger partial charge in [0.2, 0.25) is 0 Å². The molecule has 2 aromatic heterocycles. The van der Waals surface area contributed by atoms with Crippen molar-refractivity contribution in [2.45, 2.75) is 6.92 Å². The van der Waals surface area contributed by atoms with E-state index in [1.54, 1.807) is 12.5 Å². The summed E-state index contributed by atoms with van der Waals surface area (Å²) in [5.41, 5.74) is 3.13. The lowest BCUT2D eigenvalue weighted by Gasteiger charge is -1.88. The zero-order valence-electron chi connectivity index (χ0n) is 7.11. The van der Waals surface area contributed by atoms with Gasteiger partial charge in [-0.1, -0.05) is 0 Å². The van der Waals surface area contributed by atoms with Crippen molar-refractivity contribution >= 4 is 0 Å². The molecule has 0 unspecified atom stereocenters. The molecule has 0 bridgehead atoms. The van der Waals surface area contributed by atoms with E-state index in [9.17, 15) is 0 Å². The zero-order valence-corrected chi connectivity index (χ0v) is 7.11. The van der Waals surface area contributed by atoms with Gasteiger partial charge < -0.3 is 4.42 Å². The predicted octanol–water partition coefficient (Wildman–Crippen LogP) is 1.99. The van der Waals surface area contributed by atoms with E-state index in [1.807, 2.05) is 30.8 Å². The number of hydrogen-bond donors (Lipinski definition) is 0. The minimum Gasteiger partial charge on any atom is -0.472 e. The average molecular weight is 162 g/mol. The molecule has 0 aliphatic rings. The van der Waals surface area contributed by atoms with Crippen molar-refractivity contribution in [3.8, 4) is 11.3 Å². The second kappa shape index (κ2) is 2.52. The highest BCUT2D eigenvalue weighted by Gasteiger charge is 2.03. The first kappa shape index (κ1) is 7.16. The quantitative estimate of drug-likeness (QED) is 0.642. The Labute approximate surface area is 70.6 Å². The summed E-state index contributed by atoms with van der Waals surface area (Å²) in [7, 11) is 1.93. The largest absolute Gasteiger partial charge is 0.472 e. The molecule has 0 fully saturated rings. The van der Waals surface area contributed by atoms with Crippen LogP contribution in [0.15, 0.2) is 29.1 Å². The van der Waals surface area contributed by atoms with Crippen LogP contribution in [0.25, 0.3) is 11.3 Å². The highest BCUT2D eigenvalue weighted by atomic mass is 16.3. The van der Waals surface area contributed by atoms with Gasteiger partial charge in [0.25, 0.3) is 0 Å².